The molecule has 1 aromatic rings. The minimum Gasteiger partial charge on any atom is -0.280 e. The second kappa shape index (κ2) is 4.53. The van der Waals surface area contributed by atoms with E-state index in [-0.39, 0.29) is 12.2 Å². The lowest BCUT2D eigenvalue weighted by Crippen LogP contribution is -2.26. The van der Waals surface area contributed by atoms with Crippen LogP contribution in [0.2, 0.25) is 0 Å². The Kier molecular flexibility index (Phi) is 3.55. The lowest BCUT2D eigenvalue weighted by atomic mass is 10.3. The van der Waals surface area contributed by atoms with Crippen LogP contribution in [0.15, 0.2) is 0 Å². The first-order valence-corrected chi connectivity index (χ1v) is 6.39. The Labute approximate surface area is 94.7 Å². The van der Waals surface area contributed by atoms with Crippen LogP contribution in [-0.2, 0) is 10.0 Å². The van der Waals surface area contributed by atoms with E-state index in [4.69, 9.17) is 5.26 Å². The van der Waals surface area contributed by atoms with Gasteiger partial charge in [0.1, 0.15) is 0 Å². The summed E-state index contributed by atoms with van der Waals surface area (Å²) < 4.78 is 25.8. The molecule has 6 nitrogen and oxygen atoms in total. The molecule has 1 rings (SSSR count). The molecule has 1 atom stereocenters. The molecule has 7 heteroatoms. The highest BCUT2D eigenvalue weighted by Gasteiger charge is 2.24. The minimum absolute atomic E-state index is 0.244. The quantitative estimate of drug-likeness (QED) is 0.825. The molecule has 1 aromatic heterocycles. The summed E-state index contributed by atoms with van der Waals surface area (Å²) in [4.78, 5) is 0. The molecular weight excluding hydrogens is 228 g/mol. The van der Waals surface area contributed by atoms with Crippen molar-refractivity contribution in [2.24, 2.45) is 0 Å². The maximum Gasteiger partial charge on any atom is 0.250 e. The van der Waals surface area contributed by atoms with E-state index in [0.29, 0.717) is 0 Å². The number of hydrogen-bond donors (Lipinski definition) is 2. The van der Waals surface area contributed by atoms with E-state index in [0.717, 1.165) is 11.3 Å². The molecular formula is C9H14N4O2S. The fourth-order valence-electron chi connectivity index (χ4n) is 1.17. The van der Waals surface area contributed by atoms with Crippen molar-refractivity contribution in [3.8, 4) is 6.07 Å². The normalized spacial score (nSPS) is 13.1. The molecule has 0 radical (unpaired) electrons. The summed E-state index contributed by atoms with van der Waals surface area (Å²) in [7, 11) is -3.68. The number of sulfonamides is 1. The standard InChI is InChI=1S/C9H14N4O2S/c1-4-8(5-10)16(14,15)13-9-6(2)7(3)11-12-9/h8H,4H2,1-3H3,(H2,11,12,13). The fraction of sp³-hybridized carbons (Fsp3) is 0.556. The van der Waals surface area contributed by atoms with Gasteiger partial charge in [-0.1, -0.05) is 6.92 Å². The van der Waals surface area contributed by atoms with Gasteiger partial charge >= 0.3 is 0 Å². The van der Waals surface area contributed by atoms with Crippen molar-refractivity contribution < 1.29 is 8.42 Å². The van der Waals surface area contributed by atoms with Gasteiger partial charge in [0.25, 0.3) is 0 Å². The van der Waals surface area contributed by atoms with Gasteiger partial charge < -0.3 is 0 Å². The number of nitriles is 1. The Morgan fingerprint density at radius 3 is 2.56 bits per heavy atom. The predicted octanol–water partition coefficient (Wildman–Crippen LogP) is 1.07. The van der Waals surface area contributed by atoms with Gasteiger partial charge in [0.2, 0.25) is 10.0 Å². The van der Waals surface area contributed by atoms with E-state index in [9.17, 15) is 8.42 Å². The molecule has 0 amide bonds. The molecule has 0 aromatic carbocycles. The van der Waals surface area contributed by atoms with E-state index in [1.165, 1.54) is 0 Å². The predicted molar refractivity (Wildman–Crippen MR) is 60.3 cm³/mol. The zero-order valence-electron chi connectivity index (χ0n) is 9.40. The summed E-state index contributed by atoms with van der Waals surface area (Å²) in [5, 5.41) is 14.2. The van der Waals surface area contributed by atoms with Crippen molar-refractivity contribution in [2.45, 2.75) is 32.4 Å². The van der Waals surface area contributed by atoms with Gasteiger partial charge in [0.15, 0.2) is 11.1 Å². The summed E-state index contributed by atoms with van der Waals surface area (Å²) in [6.45, 7) is 5.20. The number of H-pyrrole nitrogens is 1. The van der Waals surface area contributed by atoms with Gasteiger partial charge in [-0.15, -0.1) is 0 Å². The van der Waals surface area contributed by atoms with Crippen molar-refractivity contribution >= 4 is 15.8 Å². The largest absolute Gasteiger partial charge is 0.280 e. The zero-order valence-corrected chi connectivity index (χ0v) is 10.2. The highest BCUT2D eigenvalue weighted by atomic mass is 32.2. The van der Waals surface area contributed by atoms with Crippen LogP contribution < -0.4 is 4.72 Å². The first-order chi connectivity index (χ1) is 7.42. The Morgan fingerprint density at radius 1 is 1.56 bits per heavy atom. The molecule has 16 heavy (non-hydrogen) atoms. The summed E-state index contributed by atoms with van der Waals surface area (Å²) >= 11 is 0. The molecule has 0 aliphatic carbocycles. The molecule has 0 aliphatic heterocycles. The van der Waals surface area contributed by atoms with E-state index < -0.39 is 15.3 Å². The number of aromatic nitrogens is 2. The van der Waals surface area contributed by atoms with Crippen LogP contribution in [0.3, 0.4) is 0 Å². The Hall–Kier alpha value is -1.55. The van der Waals surface area contributed by atoms with E-state index in [2.05, 4.69) is 14.9 Å². The number of hydrogen-bond acceptors (Lipinski definition) is 4. The maximum atomic E-state index is 11.7. The van der Waals surface area contributed by atoms with Gasteiger partial charge in [0, 0.05) is 11.3 Å². The smallest absolute Gasteiger partial charge is 0.250 e. The van der Waals surface area contributed by atoms with Crippen LogP contribution in [0.1, 0.15) is 24.6 Å². The average molecular weight is 242 g/mol. The van der Waals surface area contributed by atoms with Crippen molar-refractivity contribution in [3.05, 3.63) is 11.3 Å². The summed E-state index contributed by atoms with van der Waals surface area (Å²) in [6.07, 6.45) is 0.244. The number of rotatable bonds is 4. The monoisotopic (exact) mass is 242 g/mol. The Morgan fingerprint density at radius 2 is 2.19 bits per heavy atom. The molecule has 0 aliphatic rings. The molecule has 1 heterocycles. The van der Waals surface area contributed by atoms with Crippen LogP contribution in [0, 0.1) is 25.2 Å². The van der Waals surface area contributed by atoms with Gasteiger partial charge in [-0.2, -0.15) is 10.4 Å². The summed E-state index contributed by atoms with van der Waals surface area (Å²) in [6, 6.07) is 1.75. The Bertz CT molecular complexity index is 512. The summed E-state index contributed by atoms with van der Waals surface area (Å²) in [5.74, 6) is 0.256. The molecule has 0 bridgehead atoms. The number of nitrogens with one attached hydrogen (secondary N) is 2. The van der Waals surface area contributed by atoms with Crippen molar-refractivity contribution in [3.63, 3.8) is 0 Å². The van der Waals surface area contributed by atoms with Crippen LogP contribution >= 0.6 is 0 Å². The third-order valence-electron chi connectivity index (χ3n) is 2.38. The average Bonchev–Trinajstić information content (AvgIpc) is 2.50. The molecule has 0 saturated carbocycles. The van der Waals surface area contributed by atoms with E-state index in [1.807, 2.05) is 0 Å². The van der Waals surface area contributed by atoms with Crippen LogP contribution in [0.4, 0.5) is 5.82 Å². The highest BCUT2D eigenvalue weighted by molar-refractivity contribution is 7.93. The lowest BCUT2D eigenvalue weighted by Gasteiger charge is -2.09. The number of anilines is 1. The van der Waals surface area contributed by atoms with Gasteiger partial charge in [-0.3, -0.25) is 9.82 Å². The first-order valence-electron chi connectivity index (χ1n) is 4.85. The molecule has 0 spiro atoms. The Balaban J connectivity index is 2.98. The van der Waals surface area contributed by atoms with Gasteiger partial charge in [0.05, 0.1) is 6.07 Å². The number of aromatic amines is 1. The second-order valence-corrected chi connectivity index (χ2v) is 5.36. The van der Waals surface area contributed by atoms with Gasteiger partial charge in [-0.25, -0.2) is 8.42 Å². The van der Waals surface area contributed by atoms with Crippen LogP contribution in [-0.4, -0.2) is 23.9 Å². The van der Waals surface area contributed by atoms with Crippen molar-refractivity contribution in [1.82, 2.24) is 10.2 Å². The van der Waals surface area contributed by atoms with Crippen molar-refractivity contribution in [2.75, 3.05) is 4.72 Å². The molecule has 88 valence electrons. The third-order valence-corrected chi connectivity index (χ3v) is 4.05. The van der Waals surface area contributed by atoms with Crippen LogP contribution in [0.25, 0.3) is 0 Å². The minimum atomic E-state index is -3.68. The molecule has 2 N–H and O–H groups in total. The zero-order chi connectivity index (χ0) is 12.3. The first kappa shape index (κ1) is 12.5. The van der Waals surface area contributed by atoms with Crippen molar-refractivity contribution in [1.29, 1.82) is 5.26 Å². The molecule has 0 saturated heterocycles. The summed E-state index contributed by atoms with van der Waals surface area (Å²) in [5.41, 5.74) is 1.53. The van der Waals surface area contributed by atoms with E-state index in [1.54, 1.807) is 26.8 Å². The lowest BCUT2D eigenvalue weighted by molar-refractivity contribution is 0.592. The molecule has 1 unspecified atom stereocenters. The fourth-order valence-corrected chi connectivity index (χ4v) is 2.36. The van der Waals surface area contributed by atoms with E-state index >= 15 is 0 Å². The maximum absolute atomic E-state index is 11.7. The molecule has 0 fully saturated rings. The van der Waals surface area contributed by atoms with Gasteiger partial charge in [-0.05, 0) is 20.3 Å². The number of aryl methyl sites for hydroxylation is 1. The number of nitrogens with zero attached hydrogens (tertiary/aromatic N) is 2. The van der Waals surface area contributed by atoms with Crippen LogP contribution in [0.5, 0.6) is 0 Å². The second-order valence-electron chi connectivity index (χ2n) is 3.50. The third kappa shape index (κ3) is 2.33. The highest BCUT2D eigenvalue weighted by Crippen LogP contribution is 2.17. The SMILES string of the molecule is CCC(C#N)S(=O)(=O)Nc1n[nH]c(C)c1C. The topological polar surface area (TPSA) is 98.6 Å².